The fourth-order valence-corrected chi connectivity index (χ4v) is 2.66. The first-order valence-electron chi connectivity index (χ1n) is 5.95. The molecule has 2 aromatic carbocycles. The number of ketones is 1. The van der Waals surface area contributed by atoms with Crippen molar-refractivity contribution in [2.75, 3.05) is 0 Å². The summed E-state index contributed by atoms with van der Waals surface area (Å²) in [5.41, 5.74) is 0.294. The Hall–Kier alpha value is -1.36. The second kappa shape index (κ2) is 7.07. The molecule has 0 bridgehead atoms. The van der Waals surface area contributed by atoms with Gasteiger partial charge in [0.1, 0.15) is 5.82 Å². The van der Waals surface area contributed by atoms with Crippen LogP contribution in [-0.2, 0) is 0 Å². The van der Waals surface area contributed by atoms with Crippen molar-refractivity contribution in [3.8, 4) is 0 Å². The Morgan fingerprint density at radius 2 is 1.81 bits per heavy atom. The summed E-state index contributed by atoms with van der Waals surface area (Å²) in [6.45, 7) is 0. The summed E-state index contributed by atoms with van der Waals surface area (Å²) >= 11 is 12.6. The number of hydrogen-bond donors (Lipinski definition) is 1. The lowest BCUT2D eigenvalue weighted by molar-refractivity contribution is 0.100. The molecule has 0 amide bonds. The molecule has 0 radical (unpaired) electrons. The molecule has 1 N–H and O–H groups in total. The highest BCUT2D eigenvalue weighted by molar-refractivity contribution is 8.13. The van der Waals surface area contributed by atoms with Crippen LogP contribution < -0.4 is 0 Å². The molecule has 0 spiro atoms. The van der Waals surface area contributed by atoms with Crippen LogP contribution in [0.4, 0.5) is 4.39 Å². The minimum atomic E-state index is -0.571. The second-order valence-electron chi connectivity index (χ2n) is 4.21. The number of nitrogens with one attached hydrogen (secondary N) is 1. The Kier molecular flexibility index (Phi) is 5.39. The third-order valence-electron chi connectivity index (χ3n) is 2.62. The molecule has 2 rings (SSSR count). The molecule has 0 aromatic heterocycles. The quantitative estimate of drug-likeness (QED) is 0.346. The maximum absolute atomic E-state index is 13.0. The van der Waals surface area contributed by atoms with Crippen molar-refractivity contribution in [1.29, 1.82) is 5.41 Å². The lowest BCUT2D eigenvalue weighted by Gasteiger charge is -2.05. The average molecular weight is 342 g/mol. The maximum Gasteiger partial charge on any atom is 0.169 e. The van der Waals surface area contributed by atoms with Gasteiger partial charge in [-0.2, -0.15) is 0 Å². The van der Waals surface area contributed by atoms with Gasteiger partial charge in [-0.3, -0.25) is 10.2 Å². The lowest BCUT2D eigenvalue weighted by atomic mass is 10.1. The molecule has 0 aliphatic carbocycles. The van der Waals surface area contributed by atoms with Gasteiger partial charge in [0.2, 0.25) is 0 Å². The number of halogens is 3. The summed E-state index contributed by atoms with van der Waals surface area (Å²) < 4.78 is 13.0. The summed E-state index contributed by atoms with van der Waals surface area (Å²) in [5, 5.41) is 8.57. The molecule has 0 atom stereocenters. The molecular weight excluding hydrogens is 332 g/mol. The number of carbonyl (C=O) groups is 1. The van der Waals surface area contributed by atoms with Crippen molar-refractivity contribution >= 4 is 45.8 Å². The summed E-state index contributed by atoms with van der Waals surface area (Å²) in [6.07, 6.45) is -0.0603. The van der Waals surface area contributed by atoms with Crippen LogP contribution in [0, 0.1) is 11.2 Å². The molecule has 0 saturated heterocycles. The number of rotatable bonds is 4. The minimum Gasteiger partial charge on any atom is -0.298 e. The van der Waals surface area contributed by atoms with E-state index in [1.165, 1.54) is 23.9 Å². The zero-order valence-electron chi connectivity index (χ0n) is 10.7. The van der Waals surface area contributed by atoms with Crippen molar-refractivity contribution in [1.82, 2.24) is 0 Å². The molecule has 0 unspecified atom stereocenters. The van der Waals surface area contributed by atoms with Crippen LogP contribution in [0.15, 0.2) is 47.4 Å². The molecule has 2 aromatic rings. The number of carbonyl (C=O) groups excluding carboxylic acids is 1. The monoisotopic (exact) mass is 341 g/mol. The highest BCUT2D eigenvalue weighted by Crippen LogP contribution is 2.24. The first-order valence-corrected chi connectivity index (χ1v) is 7.52. The van der Waals surface area contributed by atoms with Crippen molar-refractivity contribution in [3.63, 3.8) is 0 Å². The number of thioether (sulfide) groups is 1. The molecule has 21 heavy (non-hydrogen) atoms. The molecule has 0 saturated carbocycles. The summed E-state index contributed by atoms with van der Waals surface area (Å²) in [6, 6.07) is 10.8. The van der Waals surface area contributed by atoms with Gasteiger partial charge in [-0.1, -0.05) is 35.0 Å². The molecule has 108 valence electrons. The van der Waals surface area contributed by atoms with Crippen LogP contribution in [0.5, 0.6) is 0 Å². The first kappa shape index (κ1) is 16.0. The van der Waals surface area contributed by atoms with Gasteiger partial charge >= 0.3 is 0 Å². The maximum atomic E-state index is 13.0. The fraction of sp³-hybridized carbons (Fsp3) is 0.0667. The molecule has 2 nitrogen and oxygen atoms in total. The third-order valence-corrected chi connectivity index (χ3v) is 4.06. The fourth-order valence-electron chi connectivity index (χ4n) is 1.60. The van der Waals surface area contributed by atoms with E-state index in [1.54, 1.807) is 24.3 Å². The predicted molar refractivity (Wildman–Crippen MR) is 85.4 cm³/mol. The molecule has 0 aliphatic heterocycles. The van der Waals surface area contributed by atoms with E-state index in [0.717, 1.165) is 11.0 Å². The van der Waals surface area contributed by atoms with Crippen LogP contribution in [0.3, 0.4) is 0 Å². The highest BCUT2D eigenvalue weighted by atomic mass is 35.5. The van der Waals surface area contributed by atoms with Crippen molar-refractivity contribution in [2.45, 2.75) is 11.3 Å². The van der Waals surface area contributed by atoms with Gasteiger partial charge in [0.25, 0.3) is 0 Å². The third kappa shape index (κ3) is 4.56. The Morgan fingerprint density at radius 1 is 1.14 bits per heavy atom. The van der Waals surface area contributed by atoms with Crippen molar-refractivity contribution < 1.29 is 9.18 Å². The van der Waals surface area contributed by atoms with E-state index in [4.69, 9.17) is 28.6 Å². The van der Waals surface area contributed by atoms with E-state index in [-0.39, 0.29) is 22.3 Å². The molecule has 0 fully saturated rings. The van der Waals surface area contributed by atoms with Gasteiger partial charge in [-0.05, 0) is 42.5 Å². The molecule has 6 heteroatoms. The Labute approximate surface area is 135 Å². The van der Waals surface area contributed by atoms with E-state index in [9.17, 15) is 9.18 Å². The molecule has 0 heterocycles. The van der Waals surface area contributed by atoms with Crippen LogP contribution in [-0.4, -0.2) is 10.8 Å². The summed E-state index contributed by atoms with van der Waals surface area (Å²) in [5.74, 6) is -0.845. The van der Waals surface area contributed by atoms with Crippen LogP contribution >= 0.6 is 35.0 Å². The molecular formula is C15H10Cl2FNOS. The van der Waals surface area contributed by atoms with Gasteiger partial charge in [0, 0.05) is 15.5 Å². The smallest absolute Gasteiger partial charge is 0.169 e. The molecule has 0 aliphatic rings. The second-order valence-corrected chi connectivity index (χ2v) is 6.22. The van der Waals surface area contributed by atoms with E-state index in [0.29, 0.717) is 10.6 Å². The normalized spacial score (nSPS) is 10.4. The van der Waals surface area contributed by atoms with Gasteiger partial charge < -0.3 is 0 Å². The predicted octanol–water partition coefficient (Wildman–Crippen LogP) is 5.47. The van der Waals surface area contributed by atoms with Gasteiger partial charge in [-0.25, -0.2) is 4.39 Å². The van der Waals surface area contributed by atoms with E-state index in [1.807, 2.05) is 0 Å². The minimum absolute atomic E-state index is 0.0603. The van der Waals surface area contributed by atoms with Crippen LogP contribution in [0.25, 0.3) is 0 Å². The van der Waals surface area contributed by atoms with Crippen molar-refractivity contribution in [2.24, 2.45) is 0 Å². The Morgan fingerprint density at radius 3 is 2.43 bits per heavy atom. The Balaban J connectivity index is 2.00. The average Bonchev–Trinajstić information content (AvgIpc) is 2.44. The number of Topliss-reactive ketones (excluding diaryl/α,β-unsaturated/α-hetero) is 1. The Bertz CT molecular complexity index is 689. The topological polar surface area (TPSA) is 40.9 Å². The standard InChI is InChI=1S/C15H10Cl2FNOS/c16-10-2-4-11(5-3-10)21-15(19)8-14(20)9-1-6-13(18)12(17)7-9/h1-7,19H,8H2. The van der Waals surface area contributed by atoms with Gasteiger partial charge in [-0.15, -0.1) is 0 Å². The number of hydrogen-bond acceptors (Lipinski definition) is 3. The summed E-state index contributed by atoms with van der Waals surface area (Å²) in [7, 11) is 0. The first-order chi connectivity index (χ1) is 9.95. The zero-order valence-corrected chi connectivity index (χ0v) is 13.0. The van der Waals surface area contributed by atoms with Crippen LogP contribution in [0.2, 0.25) is 10.0 Å². The van der Waals surface area contributed by atoms with E-state index < -0.39 is 5.82 Å². The van der Waals surface area contributed by atoms with Gasteiger partial charge in [0.05, 0.1) is 16.5 Å². The SMILES string of the molecule is N=C(CC(=O)c1ccc(F)c(Cl)c1)Sc1ccc(Cl)cc1. The largest absolute Gasteiger partial charge is 0.298 e. The van der Waals surface area contributed by atoms with Crippen molar-refractivity contribution in [3.05, 3.63) is 63.9 Å². The zero-order chi connectivity index (χ0) is 15.4. The number of benzene rings is 2. The lowest BCUT2D eigenvalue weighted by Crippen LogP contribution is -2.05. The van der Waals surface area contributed by atoms with E-state index >= 15 is 0 Å². The van der Waals surface area contributed by atoms with Crippen LogP contribution in [0.1, 0.15) is 16.8 Å². The highest BCUT2D eigenvalue weighted by Gasteiger charge is 2.12. The van der Waals surface area contributed by atoms with Gasteiger partial charge in [0.15, 0.2) is 5.78 Å². The van der Waals surface area contributed by atoms with E-state index in [2.05, 4.69) is 0 Å². The summed E-state index contributed by atoms with van der Waals surface area (Å²) in [4.78, 5) is 12.8.